The van der Waals surface area contributed by atoms with Gasteiger partial charge in [-0.1, -0.05) is 18.1 Å². The Bertz CT molecular complexity index is 728. The molecule has 1 aromatic rings. The van der Waals surface area contributed by atoms with Crippen LogP contribution in [0.1, 0.15) is 24.2 Å². The number of carbonyl (C=O) groups excluding carboxylic acids is 1. The second-order valence-corrected chi connectivity index (χ2v) is 7.91. The number of anilines is 1. The Kier molecular flexibility index (Phi) is 6.40. The zero-order valence-corrected chi connectivity index (χ0v) is 14.7. The Morgan fingerprint density at radius 3 is 2.52 bits per heavy atom. The van der Waals surface area contributed by atoms with Crippen LogP contribution >= 0.6 is 0 Å². The zero-order valence-electron chi connectivity index (χ0n) is 13.9. The van der Waals surface area contributed by atoms with Gasteiger partial charge >= 0.3 is 0 Å². The van der Waals surface area contributed by atoms with Crippen molar-refractivity contribution in [3.8, 4) is 12.3 Å². The van der Waals surface area contributed by atoms with Gasteiger partial charge < -0.3 is 4.90 Å². The maximum atomic E-state index is 12.4. The quantitative estimate of drug-likeness (QED) is 0.435. The van der Waals surface area contributed by atoms with E-state index in [2.05, 4.69) is 5.92 Å². The molecule has 0 saturated carbocycles. The maximum Gasteiger partial charge on any atom is 0.238 e. The molecule has 0 unspecified atom stereocenters. The van der Waals surface area contributed by atoms with Gasteiger partial charge in [-0.25, -0.2) is 8.42 Å². The van der Waals surface area contributed by atoms with E-state index < -0.39 is 15.3 Å². The van der Waals surface area contributed by atoms with Gasteiger partial charge in [0.1, 0.15) is 0 Å². The molecule has 0 aliphatic carbocycles. The average Bonchev–Trinajstić information content (AvgIpc) is 2.49. The Balaban J connectivity index is 3.24. The highest BCUT2D eigenvalue weighted by Crippen LogP contribution is 2.22. The molecular formula is C17H22N2O3S. The first kappa shape index (κ1) is 18.8. The molecule has 0 bridgehead atoms. The molecule has 6 heteroatoms. The van der Waals surface area contributed by atoms with Crippen LogP contribution in [-0.2, 0) is 10.0 Å². The lowest BCUT2D eigenvalue weighted by molar-refractivity contribution is 0.104. The molecular weight excluding hydrogens is 312 g/mol. The lowest BCUT2D eigenvalue weighted by Crippen LogP contribution is -2.36. The maximum absolute atomic E-state index is 12.4. The van der Waals surface area contributed by atoms with Crippen LogP contribution in [0.2, 0.25) is 0 Å². The molecule has 0 radical (unpaired) electrons. The average molecular weight is 334 g/mol. The van der Waals surface area contributed by atoms with Gasteiger partial charge in [0, 0.05) is 31.9 Å². The molecule has 1 rings (SSSR count). The van der Waals surface area contributed by atoms with Crippen molar-refractivity contribution in [1.82, 2.24) is 4.90 Å². The van der Waals surface area contributed by atoms with E-state index >= 15 is 0 Å². The number of allylic oxidation sites excluding steroid dienone is 1. The third-order valence-corrected chi connectivity index (χ3v) is 5.23. The summed E-state index contributed by atoms with van der Waals surface area (Å²) in [5.74, 6) is 2.15. The van der Waals surface area contributed by atoms with E-state index in [4.69, 9.17) is 6.42 Å². The van der Waals surface area contributed by atoms with E-state index in [1.54, 1.807) is 49.2 Å². The summed E-state index contributed by atoms with van der Waals surface area (Å²) in [6.07, 6.45) is 8.37. The Labute approximate surface area is 138 Å². The molecule has 0 aromatic heterocycles. The topological polar surface area (TPSA) is 57.7 Å². The number of carbonyl (C=O) groups is 1. The number of hydrogen-bond donors (Lipinski definition) is 0. The molecule has 0 fully saturated rings. The van der Waals surface area contributed by atoms with Crippen LogP contribution < -0.4 is 4.31 Å². The zero-order chi connectivity index (χ0) is 17.6. The van der Waals surface area contributed by atoms with Crippen molar-refractivity contribution in [2.45, 2.75) is 19.1 Å². The molecule has 0 saturated heterocycles. The van der Waals surface area contributed by atoms with Gasteiger partial charge in [-0.2, -0.15) is 0 Å². The predicted molar refractivity (Wildman–Crippen MR) is 93.8 cm³/mol. The highest BCUT2D eigenvalue weighted by molar-refractivity contribution is 7.93. The Hall–Kier alpha value is -2.26. The van der Waals surface area contributed by atoms with Crippen molar-refractivity contribution in [2.75, 3.05) is 24.9 Å². The van der Waals surface area contributed by atoms with Crippen molar-refractivity contribution < 1.29 is 13.2 Å². The molecule has 0 heterocycles. The van der Waals surface area contributed by atoms with Gasteiger partial charge in [0.15, 0.2) is 5.78 Å². The molecule has 0 aliphatic heterocycles. The summed E-state index contributed by atoms with van der Waals surface area (Å²) in [6.45, 7) is 3.10. The second kappa shape index (κ2) is 7.84. The van der Waals surface area contributed by atoms with E-state index in [1.165, 1.54) is 6.08 Å². The second-order valence-electron chi connectivity index (χ2n) is 5.50. The van der Waals surface area contributed by atoms with Crippen molar-refractivity contribution in [2.24, 2.45) is 0 Å². The standard InChI is InChI=1S/C17H22N2O3S/c1-6-11-19(23(21,22)14(2)3)16-9-7-8-15(13-16)17(20)10-12-18(4)5/h1,7-10,12-14H,11H2,2-5H3. The molecule has 0 N–H and O–H groups in total. The number of nitrogens with zero attached hydrogens (tertiary/aromatic N) is 2. The highest BCUT2D eigenvalue weighted by atomic mass is 32.2. The summed E-state index contributed by atoms with van der Waals surface area (Å²) in [5, 5.41) is -0.608. The molecule has 5 nitrogen and oxygen atoms in total. The van der Waals surface area contributed by atoms with E-state index in [0.29, 0.717) is 11.3 Å². The molecule has 23 heavy (non-hydrogen) atoms. The molecule has 1 aromatic carbocycles. The minimum absolute atomic E-state index is 0.0777. The van der Waals surface area contributed by atoms with Crippen molar-refractivity contribution in [3.63, 3.8) is 0 Å². The van der Waals surface area contributed by atoms with E-state index in [1.807, 2.05) is 14.1 Å². The fraction of sp³-hybridized carbons (Fsp3) is 0.353. The van der Waals surface area contributed by atoms with E-state index in [0.717, 1.165) is 4.31 Å². The summed E-state index contributed by atoms with van der Waals surface area (Å²) >= 11 is 0. The Morgan fingerprint density at radius 1 is 1.35 bits per heavy atom. The summed E-state index contributed by atoms with van der Waals surface area (Å²) in [6, 6.07) is 6.45. The van der Waals surface area contributed by atoms with Gasteiger partial charge in [-0.3, -0.25) is 9.10 Å². The van der Waals surface area contributed by atoms with Crippen LogP contribution in [0.15, 0.2) is 36.5 Å². The largest absolute Gasteiger partial charge is 0.383 e. The molecule has 0 aliphatic rings. The Morgan fingerprint density at radius 2 is 2.00 bits per heavy atom. The van der Waals surface area contributed by atoms with Crippen LogP contribution in [0.4, 0.5) is 5.69 Å². The summed E-state index contributed by atoms with van der Waals surface area (Å²) in [7, 11) is 0.0501. The third-order valence-electron chi connectivity index (χ3n) is 3.08. The monoisotopic (exact) mass is 334 g/mol. The number of hydrogen-bond acceptors (Lipinski definition) is 4. The third kappa shape index (κ3) is 4.86. The van der Waals surface area contributed by atoms with Crippen molar-refractivity contribution in [3.05, 3.63) is 42.1 Å². The van der Waals surface area contributed by atoms with Gasteiger partial charge in [-0.15, -0.1) is 6.42 Å². The number of ketones is 1. The summed E-state index contributed by atoms with van der Waals surface area (Å²) in [4.78, 5) is 13.9. The van der Waals surface area contributed by atoms with E-state index in [-0.39, 0.29) is 12.3 Å². The summed E-state index contributed by atoms with van der Waals surface area (Å²) in [5.41, 5.74) is 0.794. The van der Waals surface area contributed by atoms with E-state index in [9.17, 15) is 13.2 Å². The molecule has 0 amide bonds. The molecule has 0 spiro atoms. The first-order valence-corrected chi connectivity index (χ1v) is 8.64. The number of terminal acetylenes is 1. The van der Waals surface area contributed by atoms with Crippen molar-refractivity contribution >= 4 is 21.5 Å². The highest BCUT2D eigenvalue weighted by Gasteiger charge is 2.25. The van der Waals surface area contributed by atoms with Gasteiger partial charge in [0.2, 0.25) is 10.0 Å². The first-order chi connectivity index (χ1) is 10.7. The normalized spacial score (nSPS) is 11.5. The van der Waals surface area contributed by atoms with Crippen LogP contribution in [0.25, 0.3) is 0 Å². The van der Waals surface area contributed by atoms with Crippen LogP contribution in [-0.4, -0.2) is 45.0 Å². The van der Waals surface area contributed by atoms with Crippen LogP contribution in [0, 0.1) is 12.3 Å². The smallest absolute Gasteiger partial charge is 0.238 e. The van der Waals surface area contributed by atoms with Crippen LogP contribution in [0.3, 0.4) is 0 Å². The summed E-state index contributed by atoms with van der Waals surface area (Å²) < 4.78 is 26.0. The lowest BCUT2D eigenvalue weighted by Gasteiger charge is -2.24. The van der Waals surface area contributed by atoms with Crippen molar-refractivity contribution in [1.29, 1.82) is 0 Å². The predicted octanol–water partition coefficient (Wildman–Crippen LogP) is 2.12. The minimum atomic E-state index is -3.57. The minimum Gasteiger partial charge on any atom is -0.383 e. The fourth-order valence-electron chi connectivity index (χ4n) is 1.79. The SMILES string of the molecule is C#CCN(c1cccc(C(=O)C=CN(C)C)c1)S(=O)(=O)C(C)C. The fourth-order valence-corrected chi connectivity index (χ4v) is 2.96. The van der Waals surface area contributed by atoms with Gasteiger partial charge in [-0.05, 0) is 26.0 Å². The first-order valence-electron chi connectivity index (χ1n) is 7.14. The number of benzene rings is 1. The van der Waals surface area contributed by atoms with Crippen LogP contribution in [0.5, 0.6) is 0 Å². The number of rotatable bonds is 7. The molecule has 0 atom stereocenters. The van der Waals surface area contributed by atoms with Gasteiger partial charge in [0.25, 0.3) is 0 Å². The molecule has 124 valence electrons. The van der Waals surface area contributed by atoms with Gasteiger partial charge in [0.05, 0.1) is 17.5 Å². The lowest BCUT2D eigenvalue weighted by atomic mass is 10.1. The number of sulfonamides is 1.